The van der Waals surface area contributed by atoms with Gasteiger partial charge in [-0.15, -0.1) is 0 Å². The first-order valence-electron chi connectivity index (χ1n) is 13.4. The molecule has 2 aromatic rings. The number of aliphatic hydroxyl groups excluding tert-OH is 1. The number of nitrogens with zero attached hydrogens (tertiary/aromatic N) is 1. The molecule has 4 atom stereocenters. The van der Waals surface area contributed by atoms with Crippen molar-refractivity contribution in [3.8, 4) is 11.5 Å². The number of aliphatic hydroxyl groups is 1. The summed E-state index contributed by atoms with van der Waals surface area (Å²) in [6, 6.07) is 12.1. The molecular weight excluding hydrogens is 553 g/mol. The molecule has 0 fully saturated rings. The summed E-state index contributed by atoms with van der Waals surface area (Å²) in [5.41, 5.74) is 2.94. The molecule has 0 radical (unpaired) electrons. The Morgan fingerprint density at radius 3 is 2.63 bits per heavy atom. The third-order valence-electron chi connectivity index (χ3n) is 7.12. The van der Waals surface area contributed by atoms with Gasteiger partial charge >= 0.3 is 12.2 Å². The van der Waals surface area contributed by atoms with Crippen LogP contribution in [0.15, 0.2) is 83.1 Å². The zero-order chi connectivity index (χ0) is 28.9. The summed E-state index contributed by atoms with van der Waals surface area (Å²) in [6.07, 6.45) is 4.49. The molecule has 216 valence electrons. The van der Waals surface area contributed by atoms with E-state index in [1.165, 1.54) is 29.8 Å². The van der Waals surface area contributed by atoms with Crippen LogP contribution in [0.25, 0.3) is 0 Å². The van der Waals surface area contributed by atoms with Gasteiger partial charge < -0.3 is 30.0 Å². The lowest BCUT2D eigenvalue weighted by Gasteiger charge is -2.37. The third-order valence-corrected chi connectivity index (χ3v) is 7.37. The number of hydrogen-bond donors (Lipinski definition) is 3. The summed E-state index contributed by atoms with van der Waals surface area (Å²) in [5, 5.41) is 16.9. The maximum absolute atomic E-state index is 13.4. The van der Waals surface area contributed by atoms with E-state index in [4.69, 9.17) is 25.8 Å². The maximum Gasteiger partial charge on any atom is 0.416 e. The van der Waals surface area contributed by atoms with Crippen molar-refractivity contribution in [2.45, 2.75) is 31.5 Å². The lowest BCUT2D eigenvalue weighted by Crippen LogP contribution is -2.43. The molecule has 2 aromatic carbocycles. The van der Waals surface area contributed by atoms with Gasteiger partial charge in [0.05, 0.1) is 19.2 Å². The highest BCUT2D eigenvalue weighted by atomic mass is 35.5. The van der Waals surface area contributed by atoms with Crippen molar-refractivity contribution in [2.75, 3.05) is 26.3 Å². The quantitative estimate of drug-likeness (QED) is 0.410. The van der Waals surface area contributed by atoms with Crippen LogP contribution in [0.3, 0.4) is 0 Å². The highest BCUT2D eigenvalue weighted by Gasteiger charge is 2.43. The van der Waals surface area contributed by atoms with Crippen molar-refractivity contribution in [1.29, 1.82) is 0 Å². The Morgan fingerprint density at radius 1 is 1.17 bits per heavy atom. The number of ether oxygens (including phenoxy) is 3. The second-order valence-electron chi connectivity index (χ2n) is 9.85. The number of alkyl carbamates (subject to hydrolysis) is 1. The zero-order valence-corrected chi connectivity index (χ0v) is 23.1. The van der Waals surface area contributed by atoms with E-state index in [1.807, 2.05) is 30.4 Å². The van der Waals surface area contributed by atoms with Gasteiger partial charge in [-0.25, -0.2) is 14.0 Å². The summed E-state index contributed by atoms with van der Waals surface area (Å²) in [6.45, 7) is 2.30. The van der Waals surface area contributed by atoms with Crippen molar-refractivity contribution in [1.82, 2.24) is 15.5 Å². The Bertz CT molecular complexity index is 1360. The molecule has 2 unspecified atom stereocenters. The number of hydrogen-bond acceptors (Lipinski definition) is 7. The Hall–Kier alpha value is -4.02. The van der Waals surface area contributed by atoms with E-state index in [9.17, 15) is 19.1 Å². The lowest BCUT2D eigenvalue weighted by atomic mass is 9.85. The summed E-state index contributed by atoms with van der Waals surface area (Å²) in [5.74, 6) is 0.436. The van der Waals surface area contributed by atoms with E-state index in [0.29, 0.717) is 23.7 Å². The Kier molecular flexibility index (Phi) is 8.80. The van der Waals surface area contributed by atoms with Crippen LogP contribution in [0.2, 0.25) is 0 Å². The summed E-state index contributed by atoms with van der Waals surface area (Å²) < 4.78 is 29.5. The molecule has 0 saturated heterocycles. The number of benzene rings is 2. The summed E-state index contributed by atoms with van der Waals surface area (Å²) >= 11 is 6.32. The predicted molar refractivity (Wildman–Crippen MR) is 150 cm³/mol. The van der Waals surface area contributed by atoms with Gasteiger partial charge in [-0.3, -0.25) is 4.90 Å². The number of amides is 2. The molecule has 0 aromatic heterocycles. The fourth-order valence-electron chi connectivity index (χ4n) is 5.22. The van der Waals surface area contributed by atoms with Crippen LogP contribution in [-0.2, 0) is 4.74 Å². The molecule has 0 spiro atoms. The van der Waals surface area contributed by atoms with Crippen molar-refractivity contribution in [2.24, 2.45) is 5.92 Å². The first-order chi connectivity index (χ1) is 19.8. The average Bonchev–Trinajstić information content (AvgIpc) is 3.34. The van der Waals surface area contributed by atoms with E-state index in [-0.39, 0.29) is 37.5 Å². The average molecular weight is 584 g/mol. The van der Waals surface area contributed by atoms with E-state index in [0.717, 1.165) is 11.3 Å². The van der Waals surface area contributed by atoms with Crippen molar-refractivity contribution in [3.05, 3.63) is 94.4 Å². The normalized spacial score (nSPS) is 21.7. The molecular formula is C30H31ClFN3O6. The standard InChI is InChI=1S/C30H31ClFN3O6/c1-2-39-29(37)33-16-21(36)17-40-22-8-3-18(4-9-22)28-27-24(25-15-19(31)5-12-26(25)34-27)13-14-35(28)30(38)41-23-10-6-20(32)7-11-23/h3-12,15,21,25-26,28,34,36H,2,13-14,16-17H2,1H3,(H,33,37)/t21-,25?,26?,28-/m0/s1. The first kappa shape index (κ1) is 28.5. The van der Waals surface area contributed by atoms with Crippen LogP contribution in [0.4, 0.5) is 14.0 Å². The smallest absolute Gasteiger partial charge is 0.416 e. The molecule has 2 heterocycles. The highest BCUT2D eigenvalue weighted by molar-refractivity contribution is 6.31. The zero-order valence-electron chi connectivity index (χ0n) is 22.4. The molecule has 1 aliphatic carbocycles. The van der Waals surface area contributed by atoms with Crippen molar-refractivity contribution in [3.63, 3.8) is 0 Å². The van der Waals surface area contributed by atoms with Gasteiger partial charge in [-0.2, -0.15) is 0 Å². The second-order valence-corrected chi connectivity index (χ2v) is 10.3. The Balaban J connectivity index is 1.33. The van der Waals surface area contributed by atoms with Crippen LogP contribution in [0.1, 0.15) is 24.9 Å². The van der Waals surface area contributed by atoms with Crippen LogP contribution in [-0.4, -0.2) is 60.6 Å². The molecule has 0 saturated carbocycles. The molecule has 5 rings (SSSR count). The monoisotopic (exact) mass is 583 g/mol. The first-order valence-corrected chi connectivity index (χ1v) is 13.8. The number of allylic oxidation sites excluding steroid dienone is 2. The Morgan fingerprint density at radius 2 is 1.90 bits per heavy atom. The van der Waals surface area contributed by atoms with Crippen LogP contribution in [0.5, 0.6) is 11.5 Å². The fourth-order valence-corrected chi connectivity index (χ4v) is 5.43. The van der Waals surface area contributed by atoms with Crippen molar-refractivity contribution >= 4 is 23.8 Å². The van der Waals surface area contributed by atoms with Gasteiger partial charge in [0.15, 0.2) is 0 Å². The van der Waals surface area contributed by atoms with Gasteiger partial charge in [0, 0.05) is 23.2 Å². The van der Waals surface area contributed by atoms with Crippen LogP contribution in [0, 0.1) is 11.7 Å². The Labute approximate surface area is 242 Å². The van der Waals surface area contributed by atoms with Gasteiger partial charge in [0.2, 0.25) is 0 Å². The minimum atomic E-state index is -0.930. The van der Waals surface area contributed by atoms with E-state index < -0.39 is 30.1 Å². The minimum absolute atomic E-state index is 0.0119. The number of nitrogens with one attached hydrogen (secondary N) is 2. The summed E-state index contributed by atoms with van der Waals surface area (Å²) in [4.78, 5) is 26.5. The largest absolute Gasteiger partial charge is 0.491 e. The van der Waals surface area contributed by atoms with Crippen molar-refractivity contribution < 1.29 is 33.3 Å². The van der Waals surface area contributed by atoms with E-state index >= 15 is 0 Å². The molecule has 0 bridgehead atoms. The van der Waals surface area contributed by atoms with Gasteiger partial charge in [0.25, 0.3) is 0 Å². The SMILES string of the molecule is CCOC(=O)NC[C@H](O)COc1ccc([C@H]2C3=C(CCN2C(=O)Oc2ccc(F)cc2)C2C=C(Cl)C=CC2N3)cc1. The second kappa shape index (κ2) is 12.7. The molecule has 9 nitrogen and oxygen atoms in total. The molecule has 2 aliphatic heterocycles. The molecule has 2 amide bonds. The number of carbonyl (C=O) groups is 2. The number of fused-ring (bicyclic) bond motifs is 2. The van der Waals surface area contributed by atoms with Gasteiger partial charge in [-0.05, 0) is 67.0 Å². The minimum Gasteiger partial charge on any atom is -0.491 e. The van der Waals surface area contributed by atoms with Gasteiger partial charge in [0.1, 0.15) is 36.1 Å². The molecule has 11 heteroatoms. The van der Waals surface area contributed by atoms with E-state index in [2.05, 4.69) is 10.6 Å². The topological polar surface area (TPSA) is 109 Å². The summed E-state index contributed by atoms with van der Waals surface area (Å²) in [7, 11) is 0. The third kappa shape index (κ3) is 6.66. The molecule has 41 heavy (non-hydrogen) atoms. The van der Waals surface area contributed by atoms with Crippen LogP contribution >= 0.6 is 11.6 Å². The van der Waals surface area contributed by atoms with Crippen LogP contribution < -0.4 is 20.1 Å². The highest BCUT2D eigenvalue weighted by Crippen LogP contribution is 2.45. The maximum atomic E-state index is 13.4. The fraction of sp³-hybridized carbons (Fsp3) is 0.333. The van der Waals surface area contributed by atoms with Gasteiger partial charge in [-0.1, -0.05) is 35.9 Å². The number of halogens is 2. The predicted octanol–water partition coefficient (Wildman–Crippen LogP) is 4.79. The molecule has 3 aliphatic rings. The lowest BCUT2D eigenvalue weighted by molar-refractivity contribution is 0.0991. The van der Waals surface area contributed by atoms with E-state index in [1.54, 1.807) is 24.0 Å². The number of carbonyl (C=O) groups excluding carboxylic acids is 2. The number of rotatable bonds is 8. The molecule has 3 N–H and O–H groups in total.